The zero-order valence-electron chi connectivity index (χ0n) is 7.79. The molecule has 1 radical (unpaired) electrons. The Bertz CT molecular complexity index is 399. The summed E-state index contributed by atoms with van der Waals surface area (Å²) in [4.78, 5) is 0. The Labute approximate surface area is 78.0 Å². The van der Waals surface area contributed by atoms with Gasteiger partial charge in [-0.3, -0.25) is 0 Å². The molecule has 2 aromatic rings. The van der Waals surface area contributed by atoms with Crippen LogP contribution in [0.4, 0.5) is 0 Å². The van der Waals surface area contributed by atoms with Gasteiger partial charge < -0.3 is 4.42 Å². The van der Waals surface area contributed by atoms with Crippen LogP contribution in [0.5, 0.6) is 0 Å². The lowest BCUT2D eigenvalue weighted by molar-refractivity contribution is 0.582. The third kappa shape index (κ3) is 1.50. The van der Waals surface area contributed by atoms with Crippen LogP contribution in [0.3, 0.4) is 0 Å². The van der Waals surface area contributed by atoms with Gasteiger partial charge in [-0.1, -0.05) is 17.7 Å². The highest BCUT2D eigenvalue weighted by Gasteiger charge is 2.03. The van der Waals surface area contributed by atoms with Crippen molar-refractivity contribution in [2.45, 2.75) is 13.8 Å². The second kappa shape index (κ2) is 3.09. The van der Waals surface area contributed by atoms with Gasteiger partial charge in [0.05, 0.1) is 6.26 Å². The minimum atomic E-state index is 0.887. The van der Waals surface area contributed by atoms with E-state index in [9.17, 15) is 0 Å². The Morgan fingerprint density at radius 3 is 2.77 bits per heavy atom. The summed E-state index contributed by atoms with van der Waals surface area (Å²) in [6, 6.07) is 11.2. The fourth-order valence-electron chi connectivity index (χ4n) is 1.44. The van der Waals surface area contributed by atoms with Crippen LogP contribution < -0.4 is 0 Å². The normalized spacial score (nSPS) is 10.3. The van der Waals surface area contributed by atoms with Gasteiger partial charge in [0, 0.05) is 5.56 Å². The van der Waals surface area contributed by atoms with Gasteiger partial charge in [-0.15, -0.1) is 0 Å². The van der Waals surface area contributed by atoms with Crippen molar-refractivity contribution >= 4 is 0 Å². The Morgan fingerprint density at radius 2 is 2.15 bits per heavy atom. The summed E-state index contributed by atoms with van der Waals surface area (Å²) >= 11 is 0. The molecular weight excluding hydrogens is 160 g/mol. The third-order valence-corrected chi connectivity index (χ3v) is 2.05. The lowest BCUT2D eigenvalue weighted by Crippen LogP contribution is -1.82. The molecule has 0 fully saturated rings. The second-order valence-electron chi connectivity index (χ2n) is 3.21. The van der Waals surface area contributed by atoms with Crippen LogP contribution in [-0.2, 0) is 0 Å². The molecule has 65 valence electrons. The van der Waals surface area contributed by atoms with Crippen LogP contribution in [0.1, 0.15) is 11.1 Å². The van der Waals surface area contributed by atoms with Crippen molar-refractivity contribution in [3.05, 3.63) is 47.7 Å². The Hall–Kier alpha value is -1.50. The third-order valence-electron chi connectivity index (χ3n) is 2.05. The predicted molar refractivity (Wildman–Crippen MR) is 52.5 cm³/mol. The number of benzene rings is 1. The first-order chi connectivity index (χ1) is 6.27. The molecule has 0 spiro atoms. The molecule has 1 aromatic heterocycles. The van der Waals surface area contributed by atoms with E-state index in [2.05, 4.69) is 26.0 Å². The van der Waals surface area contributed by atoms with Gasteiger partial charge in [0.25, 0.3) is 0 Å². The molecule has 0 aliphatic rings. The highest BCUT2D eigenvalue weighted by molar-refractivity contribution is 5.61. The first-order valence-corrected chi connectivity index (χ1v) is 4.30. The van der Waals surface area contributed by atoms with Crippen LogP contribution in [0.2, 0.25) is 0 Å². The quantitative estimate of drug-likeness (QED) is 0.641. The monoisotopic (exact) mass is 171 g/mol. The highest BCUT2D eigenvalue weighted by atomic mass is 16.3. The Kier molecular flexibility index (Phi) is 1.93. The number of rotatable bonds is 1. The molecule has 0 aliphatic heterocycles. The van der Waals surface area contributed by atoms with Crippen LogP contribution in [0.15, 0.2) is 34.9 Å². The van der Waals surface area contributed by atoms with E-state index >= 15 is 0 Å². The van der Waals surface area contributed by atoms with Crippen molar-refractivity contribution in [2.24, 2.45) is 0 Å². The maximum Gasteiger partial charge on any atom is 0.134 e. The van der Waals surface area contributed by atoms with Gasteiger partial charge in [0.2, 0.25) is 0 Å². The number of furan rings is 1. The summed E-state index contributed by atoms with van der Waals surface area (Å²) in [5, 5.41) is 0. The Morgan fingerprint density at radius 1 is 1.31 bits per heavy atom. The maximum absolute atomic E-state index is 5.31. The largest absolute Gasteiger partial charge is 0.464 e. The molecule has 0 N–H and O–H groups in total. The minimum Gasteiger partial charge on any atom is -0.464 e. The van der Waals surface area contributed by atoms with Crippen LogP contribution in [0, 0.1) is 19.9 Å². The molecule has 0 unspecified atom stereocenters. The fraction of sp³-hybridized carbons (Fsp3) is 0.167. The lowest BCUT2D eigenvalue weighted by atomic mass is 10.0. The molecule has 0 amide bonds. The molecule has 1 heterocycles. The van der Waals surface area contributed by atoms with Crippen molar-refractivity contribution in [1.82, 2.24) is 0 Å². The van der Waals surface area contributed by atoms with Gasteiger partial charge in [0.1, 0.15) is 5.76 Å². The molecule has 0 atom stereocenters. The molecule has 0 aliphatic carbocycles. The maximum atomic E-state index is 5.31. The summed E-state index contributed by atoms with van der Waals surface area (Å²) in [6.45, 7) is 4.14. The minimum absolute atomic E-state index is 0.887. The van der Waals surface area contributed by atoms with E-state index in [1.54, 1.807) is 6.26 Å². The van der Waals surface area contributed by atoms with Crippen molar-refractivity contribution < 1.29 is 4.42 Å². The summed E-state index contributed by atoms with van der Waals surface area (Å²) in [5.41, 5.74) is 3.48. The highest BCUT2D eigenvalue weighted by Crippen LogP contribution is 2.23. The standard InChI is InChI=1S/C12H11O/c1-9-5-6-11(10(2)8-9)12-4-3-7-13-12/h3-5,7-8H,1-2H3. The van der Waals surface area contributed by atoms with Crippen LogP contribution in [0.25, 0.3) is 11.3 Å². The van der Waals surface area contributed by atoms with E-state index < -0.39 is 0 Å². The molecule has 2 rings (SSSR count). The molecule has 13 heavy (non-hydrogen) atoms. The molecule has 1 nitrogen and oxygen atoms in total. The predicted octanol–water partition coefficient (Wildman–Crippen LogP) is 3.36. The van der Waals surface area contributed by atoms with Crippen molar-refractivity contribution in [3.63, 3.8) is 0 Å². The molecule has 0 bridgehead atoms. The van der Waals surface area contributed by atoms with Gasteiger partial charge in [0.15, 0.2) is 0 Å². The number of hydrogen-bond acceptors (Lipinski definition) is 1. The zero-order valence-corrected chi connectivity index (χ0v) is 7.79. The van der Waals surface area contributed by atoms with E-state index in [1.807, 2.05) is 18.2 Å². The van der Waals surface area contributed by atoms with Crippen molar-refractivity contribution in [2.75, 3.05) is 0 Å². The topological polar surface area (TPSA) is 13.1 Å². The smallest absolute Gasteiger partial charge is 0.134 e. The molecule has 1 aromatic carbocycles. The summed E-state index contributed by atoms with van der Waals surface area (Å²) in [7, 11) is 0. The number of hydrogen-bond donors (Lipinski definition) is 0. The van der Waals surface area contributed by atoms with Crippen molar-refractivity contribution in [3.8, 4) is 11.3 Å². The summed E-state index contributed by atoms with van der Waals surface area (Å²) in [6.07, 6.45) is 1.68. The van der Waals surface area contributed by atoms with Crippen LogP contribution in [-0.4, -0.2) is 0 Å². The SMILES string of the molecule is Cc1c[c]c(-c2ccco2)c(C)c1. The van der Waals surface area contributed by atoms with Crippen molar-refractivity contribution in [1.29, 1.82) is 0 Å². The molecular formula is C12H11O. The summed E-state index contributed by atoms with van der Waals surface area (Å²) in [5.74, 6) is 0.887. The van der Waals surface area contributed by atoms with E-state index in [0.29, 0.717) is 0 Å². The zero-order chi connectivity index (χ0) is 9.26. The average molecular weight is 171 g/mol. The van der Waals surface area contributed by atoms with Gasteiger partial charge in [-0.2, -0.15) is 0 Å². The second-order valence-corrected chi connectivity index (χ2v) is 3.21. The fourth-order valence-corrected chi connectivity index (χ4v) is 1.44. The van der Waals surface area contributed by atoms with Gasteiger partial charge in [-0.25, -0.2) is 0 Å². The van der Waals surface area contributed by atoms with Crippen LogP contribution >= 0.6 is 0 Å². The van der Waals surface area contributed by atoms with E-state index in [1.165, 1.54) is 11.1 Å². The molecule has 0 saturated heterocycles. The Balaban J connectivity index is 2.53. The van der Waals surface area contributed by atoms with E-state index in [4.69, 9.17) is 4.42 Å². The first-order valence-electron chi connectivity index (χ1n) is 4.30. The molecule has 0 saturated carbocycles. The number of aryl methyl sites for hydroxylation is 2. The lowest BCUT2D eigenvalue weighted by Gasteiger charge is -2.02. The van der Waals surface area contributed by atoms with E-state index in [-0.39, 0.29) is 0 Å². The van der Waals surface area contributed by atoms with Gasteiger partial charge in [-0.05, 0) is 37.6 Å². The summed E-state index contributed by atoms with van der Waals surface area (Å²) < 4.78 is 5.31. The van der Waals surface area contributed by atoms with Gasteiger partial charge >= 0.3 is 0 Å². The molecule has 1 heteroatoms. The average Bonchev–Trinajstić information content (AvgIpc) is 2.56. The van der Waals surface area contributed by atoms with E-state index in [0.717, 1.165) is 11.3 Å². The first kappa shape index (κ1) is 8.11.